The van der Waals surface area contributed by atoms with Crippen LogP contribution in [0.15, 0.2) is 83.8 Å². The quantitative estimate of drug-likeness (QED) is 0.138. The zero-order valence-electron chi connectivity index (χ0n) is 24.9. The van der Waals surface area contributed by atoms with Gasteiger partial charge < -0.3 is 20.1 Å². The highest BCUT2D eigenvalue weighted by Gasteiger charge is 2.30. The van der Waals surface area contributed by atoms with Crippen LogP contribution in [0.1, 0.15) is 50.6 Å². The molecule has 2 heterocycles. The lowest BCUT2D eigenvalue weighted by molar-refractivity contribution is -0.115. The van der Waals surface area contributed by atoms with Crippen molar-refractivity contribution < 1.29 is 23.9 Å². The van der Waals surface area contributed by atoms with Crippen LogP contribution in [0.25, 0.3) is 0 Å². The van der Waals surface area contributed by atoms with Crippen molar-refractivity contribution in [1.29, 1.82) is 0 Å². The number of methoxy groups -OCH3 is 1. The van der Waals surface area contributed by atoms with Gasteiger partial charge in [0.25, 0.3) is 5.91 Å². The largest absolute Gasteiger partial charge is 0.497 e. The first-order valence-corrected chi connectivity index (χ1v) is 16.1. The maximum absolute atomic E-state index is 13.4. The Kier molecular flexibility index (Phi) is 10.4. The third kappa shape index (κ3) is 7.68. The SMILES string of the molecule is CCOC(=O)c1c(NC(=O)C(C)Sc2cccc(NC(=O)c3ccc(OC)cc3)c2)sc2c1CCN(Cc1ccccc1)C2. The number of anilines is 2. The number of rotatable bonds is 11. The van der Waals surface area contributed by atoms with E-state index in [9.17, 15) is 14.4 Å². The molecule has 0 radical (unpaired) electrons. The highest BCUT2D eigenvalue weighted by Crippen LogP contribution is 2.39. The van der Waals surface area contributed by atoms with Crippen LogP contribution in [-0.4, -0.2) is 48.2 Å². The molecular formula is C34H35N3O5S2. The molecule has 1 atom stereocenters. The number of nitrogens with zero attached hydrogens (tertiary/aromatic N) is 1. The Morgan fingerprint density at radius 3 is 2.50 bits per heavy atom. The van der Waals surface area contributed by atoms with Gasteiger partial charge in [-0.25, -0.2) is 4.79 Å². The summed E-state index contributed by atoms with van der Waals surface area (Å²) in [6.45, 7) is 6.20. The normalized spacial score (nSPS) is 13.4. The summed E-state index contributed by atoms with van der Waals surface area (Å²) < 4.78 is 10.6. The summed E-state index contributed by atoms with van der Waals surface area (Å²) in [5, 5.41) is 6.01. The molecule has 0 saturated heterocycles. The molecule has 0 bridgehead atoms. The number of hydrogen-bond acceptors (Lipinski definition) is 8. The van der Waals surface area contributed by atoms with Gasteiger partial charge in [0, 0.05) is 40.7 Å². The predicted octanol–water partition coefficient (Wildman–Crippen LogP) is 6.86. The number of carbonyl (C=O) groups is 3. The van der Waals surface area contributed by atoms with Gasteiger partial charge in [0.1, 0.15) is 10.8 Å². The minimum Gasteiger partial charge on any atom is -0.497 e. The molecule has 0 aliphatic carbocycles. The summed E-state index contributed by atoms with van der Waals surface area (Å²) >= 11 is 2.83. The van der Waals surface area contributed by atoms with Crippen molar-refractivity contribution in [3.05, 3.63) is 106 Å². The smallest absolute Gasteiger partial charge is 0.341 e. The second-order valence-corrected chi connectivity index (χ2v) is 12.9. The van der Waals surface area contributed by atoms with Gasteiger partial charge in [0.2, 0.25) is 5.91 Å². The molecular weight excluding hydrogens is 595 g/mol. The summed E-state index contributed by atoms with van der Waals surface area (Å²) in [5.41, 5.74) is 3.81. The van der Waals surface area contributed by atoms with E-state index in [-0.39, 0.29) is 18.4 Å². The average Bonchev–Trinajstić information content (AvgIpc) is 3.38. The van der Waals surface area contributed by atoms with Crippen molar-refractivity contribution in [2.45, 2.75) is 43.5 Å². The number of hydrogen-bond donors (Lipinski definition) is 2. The van der Waals surface area contributed by atoms with Crippen LogP contribution in [0, 0.1) is 0 Å². The lowest BCUT2D eigenvalue weighted by Crippen LogP contribution is -2.30. The van der Waals surface area contributed by atoms with Crippen LogP contribution in [-0.2, 0) is 29.0 Å². The fourth-order valence-electron chi connectivity index (χ4n) is 5.00. The van der Waals surface area contributed by atoms with E-state index in [1.807, 2.05) is 43.3 Å². The van der Waals surface area contributed by atoms with E-state index in [0.29, 0.717) is 40.5 Å². The standard InChI is InChI=1S/C34H35N3O5S2/c1-4-42-34(40)30-28-17-18-37(20-23-9-6-5-7-10-23)21-29(28)44-33(30)36-31(38)22(2)43-27-12-8-11-25(19-27)35-32(39)24-13-15-26(41-3)16-14-24/h5-16,19,22H,4,17-18,20-21H2,1-3H3,(H,35,39)(H,36,38). The van der Waals surface area contributed by atoms with Crippen LogP contribution in [0.4, 0.5) is 10.7 Å². The van der Waals surface area contributed by atoms with E-state index >= 15 is 0 Å². The molecule has 1 aliphatic rings. The fraction of sp³-hybridized carbons (Fsp3) is 0.265. The number of nitrogens with one attached hydrogen (secondary N) is 2. The summed E-state index contributed by atoms with van der Waals surface area (Å²) in [4.78, 5) is 43.4. The molecule has 8 nitrogen and oxygen atoms in total. The topological polar surface area (TPSA) is 97.0 Å². The Hall–Kier alpha value is -4.12. The van der Waals surface area contributed by atoms with E-state index < -0.39 is 11.2 Å². The number of carbonyl (C=O) groups excluding carboxylic acids is 3. The number of benzene rings is 3. The van der Waals surface area contributed by atoms with E-state index in [4.69, 9.17) is 9.47 Å². The van der Waals surface area contributed by atoms with Crippen molar-refractivity contribution in [2.24, 2.45) is 0 Å². The minimum atomic E-state index is -0.466. The van der Waals surface area contributed by atoms with Gasteiger partial charge in [-0.15, -0.1) is 23.1 Å². The molecule has 10 heteroatoms. The lowest BCUT2D eigenvalue weighted by atomic mass is 10.0. The molecule has 1 unspecified atom stereocenters. The van der Waals surface area contributed by atoms with Gasteiger partial charge in [-0.2, -0.15) is 0 Å². The Bertz CT molecular complexity index is 1620. The van der Waals surface area contributed by atoms with Gasteiger partial charge in [-0.1, -0.05) is 36.4 Å². The number of ether oxygens (including phenoxy) is 2. The number of thioether (sulfide) groups is 1. The van der Waals surface area contributed by atoms with Crippen molar-refractivity contribution in [3.8, 4) is 5.75 Å². The summed E-state index contributed by atoms with van der Waals surface area (Å²) in [7, 11) is 1.58. The van der Waals surface area contributed by atoms with E-state index in [1.54, 1.807) is 44.4 Å². The van der Waals surface area contributed by atoms with Gasteiger partial charge in [-0.05, 0) is 73.9 Å². The maximum Gasteiger partial charge on any atom is 0.341 e. The monoisotopic (exact) mass is 629 g/mol. The molecule has 2 N–H and O–H groups in total. The summed E-state index contributed by atoms with van der Waals surface area (Å²) in [5.74, 6) is -0.184. The zero-order chi connectivity index (χ0) is 31.1. The zero-order valence-corrected chi connectivity index (χ0v) is 26.6. The van der Waals surface area contributed by atoms with Crippen LogP contribution in [0.5, 0.6) is 5.75 Å². The molecule has 228 valence electrons. The molecule has 5 rings (SSSR count). The van der Waals surface area contributed by atoms with Crippen LogP contribution < -0.4 is 15.4 Å². The van der Waals surface area contributed by atoms with Crippen molar-refractivity contribution in [3.63, 3.8) is 0 Å². The van der Waals surface area contributed by atoms with Crippen LogP contribution >= 0.6 is 23.1 Å². The summed E-state index contributed by atoms with van der Waals surface area (Å²) in [6.07, 6.45) is 0.710. The third-order valence-corrected chi connectivity index (χ3v) is 9.45. The van der Waals surface area contributed by atoms with Gasteiger partial charge >= 0.3 is 5.97 Å². The van der Waals surface area contributed by atoms with Crippen LogP contribution in [0.2, 0.25) is 0 Å². The number of fused-ring (bicyclic) bond motifs is 1. The van der Waals surface area contributed by atoms with Crippen molar-refractivity contribution in [1.82, 2.24) is 4.90 Å². The van der Waals surface area contributed by atoms with Crippen LogP contribution in [0.3, 0.4) is 0 Å². The van der Waals surface area contributed by atoms with Gasteiger partial charge in [-0.3, -0.25) is 14.5 Å². The average molecular weight is 630 g/mol. The Balaban J connectivity index is 1.26. The lowest BCUT2D eigenvalue weighted by Gasteiger charge is -2.27. The minimum absolute atomic E-state index is 0.215. The molecule has 0 saturated carbocycles. The fourth-order valence-corrected chi connectivity index (χ4v) is 7.21. The first-order valence-electron chi connectivity index (χ1n) is 14.5. The highest BCUT2D eigenvalue weighted by molar-refractivity contribution is 8.00. The van der Waals surface area contributed by atoms with Crippen molar-refractivity contribution in [2.75, 3.05) is 30.9 Å². The molecule has 4 aromatic rings. The number of esters is 1. The van der Waals surface area contributed by atoms with Crippen molar-refractivity contribution >= 4 is 51.6 Å². The summed E-state index contributed by atoms with van der Waals surface area (Å²) in [6, 6.07) is 24.6. The number of thiophene rings is 1. The highest BCUT2D eigenvalue weighted by atomic mass is 32.2. The maximum atomic E-state index is 13.4. The molecule has 3 aromatic carbocycles. The second kappa shape index (κ2) is 14.6. The second-order valence-electron chi connectivity index (χ2n) is 10.3. The Morgan fingerprint density at radius 1 is 1.00 bits per heavy atom. The van der Waals surface area contributed by atoms with E-state index in [1.165, 1.54) is 28.7 Å². The molecule has 1 aromatic heterocycles. The Labute approximate surface area is 265 Å². The first-order chi connectivity index (χ1) is 21.3. The van der Waals surface area contributed by atoms with E-state index in [2.05, 4.69) is 27.7 Å². The van der Waals surface area contributed by atoms with Gasteiger partial charge in [0.15, 0.2) is 0 Å². The predicted molar refractivity (Wildman–Crippen MR) is 176 cm³/mol. The molecule has 1 aliphatic heterocycles. The third-order valence-electron chi connectivity index (χ3n) is 7.23. The molecule has 0 fully saturated rings. The molecule has 44 heavy (non-hydrogen) atoms. The Morgan fingerprint density at radius 2 is 1.77 bits per heavy atom. The van der Waals surface area contributed by atoms with Gasteiger partial charge in [0.05, 0.1) is 24.5 Å². The number of amides is 2. The molecule has 2 amide bonds. The first kappa shape index (κ1) is 31.3. The van der Waals surface area contributed by atoms with E-state index in [0.717, 1.165) is 28.4 Å². The molecule has 0 spiro atoms.